The zero-order valence-corrected chi connectivity index (χ0v) is 20.1. The van der Waals surface area contributed by atoms with Gasteiger partial charge >= 0.3 is 0 Å². The van der Waals surface area contributed by atoms with Crippen molar-refractivity contribution in [2.75, 3.05) is 16.0 Å². The Morgan fingerprint density at radius 1 is 0.676 bits per heavy atom. The Balaban J connectivity index is 1.17. The highest BCUT2D eigenvalue weighted by Crippen LogP contribution is 2.23. The van der Waals surface area contributed by atoms with E-state index in [0.717, 1.165) is 17.0 Å². The average molecular weight is 489 g/mol. The molecule has 0 radical (unpaired) electrons. The second kappa shape index (κ2) is 11.0. The monoisotopic (exact) mass is 488 g/mol. The van der Waals surface area contributed by atoms with Crippen LogP contribution in [-0.2, 0) is 0 Å². The average Bonchev–Trinajstić information content (AvgIpc) is 2.91. The van der Waals surface area contributed by atoms with Crippen molar-refractivity contribution >= 4 is 34.7 Å². The third-order valence-electron chi connectivity index (χ3n) is 5.35. The fourth-order valence-corrected chi connectivity index (χ4v) is 3.52. The van der Waals surface area contributed by atoms with E-state index in [2.05, 4.69) is 30.9 Å². The topological polar surface area (TPSA) is 101 Å². The van der Waals surface area contributed by atoms with Crippen molar-refractivity contribution in [1.29, 1.82) is 0 Å². The van der Waals surface area contributed by atoms with Gasteiger partial charge in [-0.3, -0.25) is 4.79 Å². The summed E-state index contributed by atoms with van der Waals surface area (Å²) in [7, 11) is 0. The largest absolute Gasteiger partial charge is 0.457 e. The number of pyridine rings is 1. The van der Waals surface area contributed by atoms with Gasteiger partial charge in [0.2, 0.25) is 0 Å². The number of nitrogens with one attached hydrogen (secondary N) is 3. The first kappa shape index (κ1) is 23.5. The minimum Gasteiger partial charge on any atom is -0.457 e. The third-order valence-corrected chi connectivity index (χ3v) is 5.35. The summed E-state index contributed by atoms with van der Waals surface area (Å²) in [6.45, 7) is 2.00. The molecule has 182 valence electrons. The van der Waals surface area contributed by atoms with Crippen LogP contribution in [0.2, 0.25) is 0 Å². The van der Waals surface area contributed by atoms with Gasteiger partial charge in [0.1, 0.15) is 35.3 Å². The maximum atomic E-state index is 12.7. The van der Waals surface area contributed by atoms with Crippen molar-refractivity contribution in [2.24, 2.45) is 0 Å². The highest BCUT2D eigenvalue weighted by Gasteiger charge is 2.08. The Morgan fingerprint density at radius 3 is 2.05 bits per heavy atom. The number of rotatable bonds is 8. The molecule has 5 aromatic rings. The minimum absolute atomic E-state index is 0.205. The molecule has 0 fully saturated rings. The number of benzene rings is 3. The van der Waals surface area contributed by atoms with E-state index in [1.54, 1.807) is 36.5 Å². The van der Waals surface area contributed by atoms with Gasteiger partial charge in [0.15, 0.2) is 0 Å². The lowest BCUT2D eigenvalue weighted by atomic mass is 10.2. The summed E-state index contributed by atoms with van der Waals surface area (Å²) in [5.41, 5.74) is 3.13. The molecule has 37 heavy (non-hydrogen) atoms. The molecule has 8 nitrogen and oxygen atoms in total. The summed E-state index contributed by atoms with van der Waals surface area (Å²) in [5.74, 6) is 3.16. The Kier molecular flexibility index (Phi) is 6.99. The molecule has 0 bridgehead atoms. The van der Waals surface area contributed by atoms with Crippen molar-refractivity contribution < 1.29 is 9.53 Å². The fraction of sp³-hybridized carbons (Fsp3) is 0.0345. The highest BCUT2D eigenvalue weighted by atomic mass is 16.5. The van der Waals surface area contributed by atoms with Gasteiger partial charge in [0.25, 0.3) is 5.91 Å². The highest BCUT2D eigenvalue weighted by molar-refractivity contribution is 6.04. The summed E-state index contributed by atoms with van der Waals surface area (Å²) >= 11 is 0. The zero-order valence-electron chi connectivity index (χ0n) is 20.1. The lowest BCUT2D eigenvalue weighted by molar-refractivity contribution is 0.102. The van der Waals surface area contributed by atoms with Crippen molar-refractivity contribution in [3.05, 3.63) is 121 Å². The fourth-order valence-electron chi connectivity index (χ4n) is 3.52. The maximum Gasteiger partial charge on any atom is 0.255 e. The molecule has 2 aromatic heterocycles. The Morgan fingerprint density at radius 2 is 1.32 bits per heavy atom. The molecule has 2 heterocycles. The van der Waals surface area contributed by atoms with Crippen LogP contribution in [0.3, 0.4) is 0 Å². The van der Waals surface area contributed by atoms with Crippen LogP contribution in [-0.4, -0.2) is 20.9 Å². The standard InChI is InChI=1S/C29H24N6O2/c1-20-15-16-30-26(17-20)35-28-18-27(31-19-32-28)33-22-9-11-23(12-10-22)34-29(36)21-7-13-25(14-8-21)37-24-5-3-2-4-6-24/h2-19H,1H3,(H,34,36)(H2,30,31,32,33,35). The van der Waals surface area contributed by atoms with Gasteiger partial charge in [-0.25, -0.2) is 15.0 Å². The summed E-state index contributed by atoms with van der Waals surface area (Å²) in [6.07, 6.45) is 3.22. The van der Waals surface area contributed by atoms with E-state index in [-0.39, 0.29) is 5.91 Å². The summed E-state index contributed by atoms with van der Waals surface area (Å²) in [4.78, 5) is 25.5. The Labute approximate surface area is 214 Å². The molecule has 3 aromatic carbocycles. The number of aryl methyl sites for hydroxylation is 1. The van der Waals surface area contributed by atoms with Crippen molar-refractivity contribution in [3.63, 3.8) is 0 Å². The lowest BCUT2D eigenvalue weighted by Gasteiger charge is -2.10. The molecular weight excluding hydrogens is 464 g/mol. The molecule has 0 saturated carbocycles. The van der Waals surface area contributed by atoms with Gasteiger partial charge in [0, 0.05) is 29.2 Å². The van der Waals surface area contributed by atoms with Gasteiger partial charge in [0.05, 0.1) is 0 Å². The quantitative estimate of drug-likeness (QED) is 0.223. The van der Waals surface area contributed by atoms with Gasteiger partial charge < -0.3 is 20.7 Å². The normalized spacial score (nSPS) is 10.4. The molecule has 0 aliphatic carbocycles. The van der Waals surface area contributed by atoms with Crippen LogP contribution in [0.1, 0.15) is 15.9 Å². The predicted octanol–water partition coefficient (Wildman–Crippen LogP) is 6.71. The second-order valence-corrected chi connectivity index (χ2v) is 8.23. The van der Waals surface area contributed by atoms with Crippen molar-refractivity contribution in [3.8, 4) is 11.5 Å². The molecule has 5 rings (SSSR count). The summed E-state index contributed by atoms with van der Waals surface area (Å²) in [5, 5.41) is 9.33. The number of carbonyl (C=O) groups is 1. The van der Waals surface area contributed by atoms with Crippen molar-refractivity contribution in [2.45, 2.75) is 6.92 Å². The van der Waals surface area contributed by atoms with Gasteiger partial charge in [-0.05, 0) is 85.3 Å². The number of nitrogens with zero attached hydrogens (tertiary/aromatic N) is 3. The third kappa shape index (κ3) is 6.46. The van der Waals surface area contributed by atoms with E-state index in [1.807, 2.05) is 73.7 Å². The molecule has 1 amide bonds. The first-order valence-corrected chi connectivity index (χ1v) is 11.6. The first-order chi connectivity index (χ1) is 18.1. The number of carbonyl (C=O) groups excluding carboxylic acids is 1. The van der Waals surface area contributed by atoms with E-state index < -0.39 is 0 Å². The lowest BCUT2D eigenvalue weighted by Crippen LogP contribution is -2.11. The number of para-hydroxylation sites is 1. The van der Waals surface area contributed by atoms with Gasteiger partial charge in [-0.1, -0.05) is 18.2 Å². The molecule has 8 heteroatoms. The molecule has 3 N–H and O–H groups in total. The Bertz CT molecular complexity index is 1490. The second-order valence-electron chi connectivity index (χ2n) is 8.23. The van der Waals surface area contributed by atoms with Gasteiger partial charge in [-0.2, -0.15) is 0 Å². The number of amides is 1. The molecule has 0 atom stereocenters. The van der Waals surface area contributed by atoms with Crippen LogP contribution in [0.25, 0.3) is 0 Å². The van der Waals surface area contributed by atoms with E-state index in [4.69, 9.17) is 4.74 Å². The zero-order chi connectivity index (χ0) is 25.5. The number of hydrogen-bond acceptors (Lipinski definition) is 7. The van der Waals surface area contributed by atoms with Crippen LogP contribution < -0.4 is 20.7 Å². The van der Waals surface area contributed by atoms with E-state index >= 15 is 0 Å². The minimum atomic E-state index is -0.205. The van der Waals surface area contributed by atoms with Crippen LogP contribution in [0, 0.1) is 6.92 Å². The smallest absolute Gasteiger partial charge is 0.255 e. The Hall–Kier alpha value is -5.24. The SMILES string of the molecule is Cc1ccnc(Nc2cc(Nc3ccc(NC(=O)c4ccc(Oc5ccccc5)cc4)cc3)ncn2)c1. The van der Waals surface area contributed by atoms with E-state index in [1.165, 1.54) is 6.33 Å². The molecule has 0 aliphatic rings. The van der Waals surface area contributed by atoms with Crippen molar-refractivity contribution in [1.82, 2.24) is 15.0 Å². The molecule has 0 unspecified atom stereocenters. The maximum absolute atomic E-state index is 12.7. The molecule has 0 aliphatic heterocycles. The number of hydrogen-bond donors (Lipinski definition) is 3. The van der Waals surface area contributed by atoms with Crippen LogP contribution in [0.4, 0.5) is 28.8 Å². The molecule has 0 saturated heterocycles. The number of anilines is 5. The predicted molar refractivity (Wildman–Crippen MR) is 145 cm³/mol. The van der Waals surface area contributed by atoms with Crippen LogP contribution >= 0.6 is 0 Å². The van der Waals surface area contributed by atoms with E-state index in [9.17, 15) is 4.79 Å². The summed E-state index contributed by atoms with van der Waals surface area (Å²) < 4.78 is 5.78. The molecule has 0 spiro atoms. The number of ether oxygens (including phenoxy) is 1. The van der Waals surface area contributed by atoms with Crippen LogP contribution in [0.15, 0.2) is 110 Å². The first-order valence-electron chi connectivity index (χ1n) is 11.6. The summed E-state index contributed by atoms with van der Waals surface area (Å²) in [6, 6.07) is 29.6. The van der Waals surface area contributed by atoms with E-state index in [0.29, 0.717) is 34.5 Å². The van der Waals surface area contributed by atoms with Gasteiger partial charge in [-0.15, -0.1) is 0 Å². The number of aromatic nitrogens is 3. The molecular formula is C29H24N6O2. The van der Waals surface area contributed by atoms with Crippen LogP contribution in [0.5, 0.6) is 11.5 Å².